The van der Waals surface area contributed by atoms with Crippen LogP contribution in [0.1, 0.15) is 23.5 Å². The van der Waals surface area contributed by atoms with Crippen molar-refractivity contribution in [2.24, 2.45) is 5.41 Å². The van der Waals surface area contributed by atoms with Gasteiger partial charge in [-0.15, -0.1) is 0 Å². The van der Waals surface area contributed by atoms with Gasteiger partial charge in [-0.05, 0) is 5.41 Å². The van der Waals surface area contributed by atoms with Crippen molar-refractivity contribution in [1.82, 2.24) is 4.90 Å². The Morgan fingerprint density at radius 1 is 1.69 bits per heavy atom. The summed E-state index contributed by atoms with van der Waals surface area (Å²) in [5.41, 5.74) is -2.15. The fourth-order valence-corrected chi connectivity index (χ4v) is 3.26. The maximum Gasteiger partial charge on any atom is 0.329 e. The summed E-state index contributed by atoms with van der Waals surface area (Å²) >= 11 is 0. The first-order valence-corrected chi connectivity index (χ1v) is 6.03. The number of rotatable bonds is 2. The largest absolute Gasteiger partial charge is 0.467 e. The molecule has 1 heterocycles. The van der Waals surface area contributed by atoms with Gasteiger partial charge in [-0.2, -0.15) is 0 Å². The molecule has 0 saturated carbocycles. The minimum Gasteiger partial charge on any atom is -0.467 e. The van der Waals surface area contributed by atoms with Gasteiger partial charge in [0.25, 0.3) is 0 Å². The van der Waals surface area contributed by atoms with Crippen molar-refractivity contribution in [3.8, 4) is 0 Å². The molecule has 4 atom stereocenters. The lowest BCUT2D eigenvalue weighted by Gasteiger charge is -2.32. The number of carbonyl (C=O) groups is 2. The number of carbonyl (C=O) groups excluding carboxylic acids is 2. The van der Waals surface area contributed by atoms with Crippen molar-refractivity contribution >= 4 is 23.2 Å². The van der Waals surface area contributed by atoms with E-state index in [2.05, 4.69) is 4.74 Å². The van der Waals surface area contributed by atoms with Gasteiger partial charge in [-0.25, -0.2) is 4.79 Å². The summed E-state index contributed by atoms with van der Waals surface area (Å²) in [6.07, 6.45) is 0.298. The van der Waals surface area contributed by atoms with Gasteiger partial charge in [-0.1, -0.05) is 20.8 Å². The Balaban J connectivity index is 3.35. The lowest BCUT2D eigenvalue weighted by atomic mass is 9.95. The van der Waals surface area contributed by atoms with Crippen LogP contribution in [0.4, 0.5) is 0 Å². The van der Waals surface area contributed by atoms with Gasteiger partial charge in [0.1, 0.15) is 11.4 Å². The molecule has 0 aromatic rings. The average Bonchev–Trinajstić information content (AvgIpc) is 2.49. The molecule has 0 N–H and O–H groups in total. The first kappa shape index (κ1) is 10.3. The lowest BCUT2D eigenvalue weighted by Crippen LogP contribution is -2.46. The third-order valence-corrected chi connectivity index (χ3v) is 4.06. The molecule has 16 heavy (non-hydrogen) atoms. The van der Waals surface area contributed by atoms with Crippen molar-refractivity contribution in [2.75, 3.05) is 12.8 Å². The number of hydrogen-bond acceptors (Lipinski definition) is 4. The van der Waals surface area contributed by atoms with Gasteiger partial charge in [0, 0.05) is 12.2 Å². The second-order valence-electron chi connectivity index (χ2n) is 4.55. The van der Waals surface area contributed by atoms with Crippen molar-refractivity contribution in [3.63, 3.8) is 0 Å². The molecular formula is C10H17NO4S. The van der Waals surface area contributed by atoms with E-state index in [1.807, 2.05) is 0 Å². The van der Waals surface area contributed by atoms with Crippen LogP contribution in [0.3, 0.4) is 0 Å². The fraction of sp³-hybridized carbons (Fsp3) is 0.800. The summed E-state index contributed by atoms with van der Waals surface area (Å²) in [5, 5.41) is -0.867. The Hall–Kier alpha value is -0.910. The van der Waals surface area contributed by atoms with Crippen LogP contribution < -0.4 is 0 Å². The molecule has 1 amide bonds. The molecule has 92 valence electrons. The third kappa shape index (κ3) is 2.26. The van der Waals surface area contributed by atoms with Gasteiger partial charge >= 0.3 is 5.97 Å². The molecule has 0 aromatic carbocycles. The number of methoxy groups -OCH3 is 1. The zero-order valence-electron chi connectivity index (χ0n) is 11.7. The molecule has 0 spiro atoms. The fourth-order valence-electron chi connectivity index (χ4n) is 1.61. The number of ether oxygens (including phenoxy) is 1. The highest BCUT2D eigenvalue weighted by Crippen LogP contribution is 2.33. The van der Waals surface area contributed by atoms with E-state index in [1.165, 1.54) is 0 Å². The Labute approximate surface area is 100 Å². The summed E-state index contributed by atoms with van der Waals surface area (Å²) in [4.78, 5) is 23.7. The molecule has 0 bridgehead atoms. The van der Waals surface area contributed by atoms with Gasteiger partial charge in [0.05, 0.1) is 14.2 Å². The Kier molecular flexibility index (Phi) is 2.90. The molecule has 0 aromatic heterocycles. The van der Waals surface area contributed by atoms with E-state index in [4.69, 9.17) is 2.74 Å². The number of hydrogen-bond donors (Lipinski definition) is 0. The number of nitrogens with zero attached hydrogens (tertiary/aromatic N) is 1. The topological polar surface area (TPSA) is 63.7 Å². The molecule has 0 radical (unpaired) electrons. The van der Waals surface area contributed by atoms with Crippen molar-refractivity contribution in [2.45, 2.75) is 32.2 Å². The highest BCUT2D eigenvalue weighted by molar-refractivity contribution is 7.86. The third-order valence-electron chi connectivity index (χ3n) is 2.23. The Morgan fingerprint density at radius 2 is 2.25 bits per heavy atom. The van der Waals surface area contributed by atoms with E-state index >= 15 is 0 Å². The van der Waals surface area contributed by atoms with Crippen LogP contribution in [0, 0.1) is 5.41 Å². The predicted molar refractivity (Wildman–Crippen MR) is 60.0 cm³/mol. The van der Waals surface area contributed by atoms with E-state index in [0.29, 0.717) is 6.41 Å². The standard InChI is InChI=1S/C10H17NO4S/c1-10(2,3)9-11(6-12)7(5-16(9)14)8(13)15-4/h6-7,9H,5H2,1-4H3/t7-,9+,16?/m0/s1/i5D,7D/t5-,7+,9-,16?/m1. The van der Waals surface area contributed by atoms with Crippen LogP contribution in [0.15, 0.2) is 0 Å². The normalized spacial score (nSPS) is 41.2. The van der Waals surface area contributed by atoms with Crippen LogP contribution in [0.25, 0.3) is 0 Å². The molecule has 1 rings (SSSR count). The smallest absolute Gasteiger partial charge is 0.329 e. The summed E-state index contributed by atoms with van der Waals surface area (Å²) in [6, 6.07) is -2.25. The molecule has 5 nitrogen and oxygen atoms in total. The molecule has 1 aliphatic heterocycles. The van der Waals surface area contributed by atoms with Gasteiger partial charge in [-0.3, -0.25) is 9.00 Å². The minimum atomic E-state index is -2.25. The number of esters is 1. The van der Waals surface area contributed by atoms with Gasteiger partial charge in [0.15, 0.2) is 0 Å². The van der Waals surface area contributed by atoms with E-state index in [-0.39, 0.29) is 0 Å². The molecule has 1 aliphatic rings. The molecule has 6 heteroatoms. The van der Waals surface area contributed by atoms with Crippen molar-refractivity contribution in [1.29, 1.82) is 0 Å². The summed E-state index contributed by atoms with van der Waals surface area (Å²) in [6.45, 7) is 5.21. The molecular weight excluding hydrogens is 230 g/mol. The highest BCUT2D eigenvalue weighted by Gasteiger charge is 2.48. The lowest BCUT2D eigenvalue weighted by molar-refractivity contribution is -0.149. The van der Waals surface area contributed by atoms with Crippen LogP contribution in [-0.2, 0) is 25.1 Å². The van der Waals surface area contributed by atoms with Crippen LogP contribution in [0.5, 0.6) is 0 Å². The first-order valence-electron chi connectivity index (χ1n) is 5.83. The Bertz CT molecular complexity index is 398. The minimum absolute atomic E-state index is 0.298. The maximum atomic E-state index is 12.2. The molecule has 0 aliphatic carbocycles. The molecule has 1 unspecified atom stereocenters. The van der Waals surface area contributed by atoms with Crippen LogP contribution in [0.2, 0.25) is 0 Å². The zero-order valence-corrected chi connectivity index (χ0v) is 10.5. The van der Waals surface area contributed by atoms with E-state index in [9.17, 15) is 13.8 Å². The summed E-state index contributed by atoms with van der Waals surface area (Å²) < 4.78 is 32.4. The van der Waals surface area contributed by atoms with Gasteiger partial charge < -0.3 is 9.64 Å². The summed E-state index contributed by atoms with van der Waals surface area (Å²) in [7, 11) is -0.752. The van der Waals surface area contributed by atoms with Crippen molar-refractivity contribution in [3.05, 3.63) is 0 Å². The van der Waals surface area contributed by atoms with E-state index in [0.717, 1.165) is 12.0 Å². The number of amides is 1. The van der Waals surface area contributed by atoms with E-state index < -0.39 is 39.3 Å². The van der Waals surface area contributed by atoms with E-state index in [1.54, 1.807) is 20.8 Å². The highest BCUT2D eigenvalue weighted by atomic mass is 32.2. The van der Waals surface area contributed by atoms with Crippen LogP contribution in [-0.4, -0.2) is 45.7 Å². The summed E-state index contributed by atoms with van der Waals surface area (Å²) in [5.74, 6) is -1.05. The Morgan fingerprint density at radius 3 is 2.62 bits per heavy atom. The monoisotopic (exact) mass is 249 g/mol. The first-order chi connectivity index (χ1) is 8.12. The molecule has 1 saturated heterocycles. The SMILES string of the molecule is [2H][C@H]1S(=O)[C@H](C(C)(C)C)N(C=O)[C@]1([2H])C(=O)OC. The van der Waals surface area contributed by atoms with Crippen LogP contribution >= 0.6 is 0 Å². The predicted octanol–water partition coefficient (Wildman–Crippen LogP) is 0.121. The molecule has 1 fully saturated rings. The quantitative estimate of drug-likeness (QED) is 0.515. The second-order valence-corrected chi connectivity index (χ2v) is 5.89. The average molecular weight is 249 g/mol. The second kappa shape index (κ2) is 4.53. The zero-order chi connectivity index (χ0) is 14.3. The van der Waals surface area contributed by atoms with Gasteiger partial charge in [0.2, 0.25) is 6.41 Å². The van der Waals surface area contributed by atoms with Crippen molar-refractivity contribution < 1.29 is 21.3 Å². The maximum absolute atomic E-state index is 12.2.